The van der Waals surface area contributed by atoms with E-state index in [1.807, 2.05) is 13.3 Å². The summed E-state index contributed by atoms with van der Waals surface area (Å²) in [4.78, 5) is 15.7. The highest BCUT2D eigenvalue weighted by Gasteiger charge is 2.25. The monoisotopic (exact) mass is 447 g/mol. The molecule has 1 atom stereocenters. The molecular weight excluding hydrogens is 424 g/mol. The van der Waals surface area contributed by atoms with Crippen molar-refractivity contribution in [3.8, 4) is 22.8 Å². The standard InChI is InChI=1S/C21H23F2N5O2S/c1-28-6-5-12(10-28)25-20-19-11(9-24-21(27-19)31-4)7-13(26-20)16-17(22)14(29-2)8-15(30-3)18(16)23/h7-9,12H,5-6,10H2,1-4H3,(H,25,26). The fourth-order valence-corrected chi connectivity index (χ4v) is 4.05. The molecule has 3 heterocycles. The third-order valence-electron chi connectivity index (χ3n) is 5.29. The van der Waals surface area contributed by atoms with Crippen LogP contribution in [0.15, 0.2) is 23.5 Å². The van der Waals surface area contributed by atoms with Gasteiger partial charge in [0.2, 0.25) is 0 Å². The predicted octanol–water partition coefficient (Wildman–Crippen LogP) is 3.83. The lowest BCUT2D eigenvalue weighted by Crippen LogP contribution is -2.24. The van der Waals surface area contributed by atoms with Crippen molar-refractivity contribution in [3.63, 3.8) is 0 Å². The number of hydrogen-bond donors (Lipinski definition) is 1. The zero-order chi connectivity index (χ0) is 22.1. The van der Waals surface area contributed by atoms with Gasteiger partial charge in [-0.25, -0.2) is 23.7 Å². The maximum Gasteiger partial charge on any atom is 0.187 e. The van der Waals surface area contributed by atoms with Crippen LogP contribution in [0.3, 0.4) is 0 Å². The van der Waals surface area contributed by atoms with E-state index >= 15 is 8.78 Å². The number of benzene rings is 1. The highest BCUT2D eigenvalue weighted by molar-refractivity contribution is 7.98. The molecule has 0 aliphatic carbocycles. The molecule has 4 rings (SSSR count). The summed E-state index contributed by atoms with van der Waals surface area (Å²) in [5, 5.41) is 4.63. The summed E-state index contributed by atoms with van der Waals surface area (Å²) in [6.45, 7) is 1.79. The highest BCUT2D eigenvalue weighted by atomic mass is 32.2. The first-order valence-corrected chi connectivity index (χ1v) is 10.9. The van der Waals surface area contributed by atoms with Gasteiger partial charge in [-0.3, -0.25) is 0 Å². The predicted molar refractivity (Wildman–Crippen MR) is 117 cm³/mol. The molecule has 1 saturated heterocycles. The lowest BCUT2D eigenvalue weighted by atomic mass is 10.1. The van der Waals surface area contributed by atoms with E-state index in [2.05, 4.69) is 25.2 Å². The summed E-state index contributed by atoms with van der Waals surface area (Å²) in [6.07, 6.45) is 4.45. The summed E-state index contributed by atoms with van der Waals surface area (Å²) in [5.41, 5.74) is 0.390. The third-order valence-corrected chi connectivity index (χ3v) is 5.85. The quantitative estimate of drug-likeness (QED) is 0.452. The zero-order valence-corrected chi connectivity index (χ0v) is 18.5. The van der Waals surface area contributed by atoms with E-state index in [-0.39, 0.29) is 28.8 Å². The minimum Gasteiger partial charge on any atom is -0.494 e. The second kappa shape index (κ2) is 8.80. The summed E-state index contributed by atoms with van der Waals surface area (Å²) in [7, 11) is 4.67. The van der Waals surface area contributed by atoms with Crippen molar-refractivity contribution in [2.45, 2.75) is 17.6 Å². The van der Waals surface area contributed by atoms with Gasteiger partial charge in [-0.05, 0) is 32.3 Å². The Balaban J connectivity index is 1.92. The van der Waals surface area contributed by atoms with Crippen LogP contribution in [0.5, 0.6) is 11.5 Å². The van der Waals surface area contributed by atoms with E-state index < -0.39 is 11.6 Å². The number of rotatable bonds is 6. The number of thioether (sulfide) groups is 1. The number of likely N-dealkylation sites (tertiary alicyclic amines) is 1. The highest BCUT2D eigenvalue weighted by Crippen LogP contribution is 2.38. The van der Waals surface area contributed by atoms with Gasteiger partial charge in [-0.15, -0.1) is 0 Å². The van der Waals surface area contributed by atoms with E-state index in [1.165, 1.54) is 32.0 Å². The Hall–Kier alpha value is -2.72. The van der Waals surface area contributed by atoms with Crippen molar-refractivity contribution < 1.29 is 18.3 Å². The molecule has 31 heavy (non-hydrogen) atoms. The van der Waals surface area contributed by atoms with Crippen LogP contribution in [0, 0.1) is 11.6 Å². The van der Waals surface area contributed by atoms with Crippen molar-refractivity contribution >= 4 is 28.5 Å². The molecule has 0 spiro atoms. The zero-order valence-electron chi connectivity index (χ0n) is 17.7. The second-order valence-electron chi connectivity index (χ2n) is 7.33. The van der Waals surface area contributed by atoms with Gasteiger partial charge >= 0.3 is 0 Å². The summed E-state index contributed by atoms with van der Waals surface area (Å²) in [5.74, 6) is -1.49. The molecule has 0 amide bonds. The van der Waals surface area contributed by atoms with Gasteiger partial charge in [0.25, 0.3) is 0 Å². The van der Waals surface area contributed by atoms with Crippen molar-refractivity contribution in [2.24, 2.45) is 0 Å². The topological polar surface area (TPSA) is 72.4 Å². The molecule has 164 valence electrons. The lowest BCUT2D eigenvalue weighted by Gasteiger charge is -2.17. The average molecular weight is 448 g/mol. The molecule has 3 aromatic rings. The minimum absolute atomic E-state index is 0.106. The van der Waals surface area contributed by atoms with E-state index in [0.29, 0.717) is 21.9 Å². The van der Waals surface area contributed by atoms with Crippen LogP contribution in [0.25, 0.3) is 22.2 Å². The van der Waals surface area contributed by atoms with Crippen molar-refractivity contribution in [1.82, 2.24) is 19.9 Å². The van der Waals surface area contributed by atoms with Crippen LogP contribution < -0.4 is 14.8 Å². The SMILES string of the molecule is COc1cc(OC)c(F)c(-c2cc3cnc(SC)nc3c(NC3CCN(C)C3)n2)c1F. The number of halogens is 2. The van der Waals surface area contributed by atoms with Crippen LogP contribution in [0.4, 0.5) is 14.6 Å². The molecule has 0 bridgehead atoms. The Morgan fingerprint density at radius 1 is 1.13 bits per heavy atom. The molecule has 7 nitrogen and oxygen atoms in total. The molecular formula is C21H23F2N5O2S. The first kappa shape index (κ1) is 21.5. The largest absolute Gasteiger partial charge is 0.494 e. The van der Waals surface area contributed by atoms with Crippen LogP contribution >= 0.6 is 11.8 Å². The van der Waals surface area contributed by atoms with Gasteiger partial charge in [0.05, 0.1) is 25.5 Å². The maximum absolute atomic E-state index is 15.1. The molecule has 2 aromatic heterocycles. The number of hydrogen-bond acceptors (Lipinski definition) is 8. The van der Waals surface area contributed by atoms with E-state index in [4.69, 9.17) is 9.47 Å². The van der Waals surface area contributed by atoms with E-state index in [9.17, 15) is 0 Å². The number of nitrogens with one attached hydrogen (secondary N) is 1. The number of nitrogens with zero attached hydrogens (tertiary/aromatic N) is 4. The minimum atomic E-state index is -0.846. The van der Waals surface area contributed by atoms with Gasteiger partial charge in [0.15, 0.2) is 34.1 Å². The number of anilines is 1. The van der Waals surface area contributed by atoms with Crippen LogP contribution in [0.1, 0.15) is 6.42 Å². The smallest absolute Gasteiger partial charge is 0.187 e. The molecule has 0 saturated carbocycles. The Morgan fingerprint density at radius 2 is 1.84 bits per heavy atom. The number of aromatic nitrogens is 3. The molecule has 1 unspecified atom stereocenters. The lowest BCUT2D eigenvalue weighted by molar-refractivity contribution is 0.359. The number of pyridine rings is 1. The van der Waals surface area contributed by atoms with Gasteiger partial charge in [-0.2, -0.15) is 0 Å². The summed E-state index contributed by atoms with van der Waals surface area (Å²) >= 11 is 1.41. The summed E-state index contributed by atoms with van der Waals surface area (Å²) < 4.78 is 40.4. The molecule has 1 fully saturated rings. The van der Waals surface area contributed by atoms with Crippen LogP contribution in [-0.2, 0) is 0 Å². The maximum atomic E-state index is 15.1. The Morgan fingerprint density at radius 3 is 2.42 bits per heavy atom. The normalized spacial score (nSPS) is 16.6. The Labute approximate surface area is 183 Å². The molecule has 1 N–H and O–H groups in total. The molecule has 0 radical (unpaired) electrons. The van der Waals surface area contributed by atoms with E-state index in [1.54, 1.807) is 12.3 Å². The van der Waals surface area contributed by atoms with Gasteiger partial charge in [0.1, 0.15) is 5.52 Å². The van der Waals surface area contributed by atoms with Crippen molar-refractivity contribution in [1.29, 1.82) is 0 Å². The third kappa shape index (κ3) is 4.09. The fraction of sp³-hybridized carbons (Fsp3) is 0.381. The van der Waals surface area contributed by atoms with Gasteiger partial charge in [-0.1, -0.05) is 11.8 Å². The fourth-order valence-electron chi connectivity index (χ4n) is 3.71. The second-order valence-corrected chi connectivity index (χ2v) is 8.10. The average Bonchev–Trinajstić information content (AvgIpc) is 3.18. The number of fused-ring (bicyclic) bond motifs is 1. The molecule has 1 aromatic carbocycles. The van der Waals surface area contributed by atoms with Crippen LogP contribution in [0.2, 0.25) is 0 Å². The van der Waals surface area contributed by atoms with Gasteiger partial charge in [0, 0.05) is 30.2 Å². The molecule has 1 aliphatic rings. The number of ether oxygens (including phenoxy) is 2. The number of likely N-dealkylation sites (N-methyl/N-ethyl adjacent to an activating group) is 1. The molecule has 10 heteroatoms. The number of methoxy groups -OCH3 is 2. The van der Waals surface area contributed by atoms with E-state index in [0.717, 1.165) is 19.5 Å². The first-order chi connectivity index (χ1) is 14.9. The Kier molecular flexibility index (Phi) is 6.10. The first-order valence-electron chi connectivity index (χ1n) is 9.72. The summed E-state index contributed by atoms with van der Waals surface area (Å²) in [6, 6.07) is 2.90. The molecule has 1 aliphatic heterocycles. The van der Waals surface area contributed by atoms with Crippen molar-refractivity contribution in [3.05, 3.63) is 30.0 Å². The Bertz CT molecular complexity index is 1100. The van der Waals surface area contributed by atoms with Gasteiger partial charge < -0.3 is 19.7 Å². The van der Waals surface area contributed by atoms with Crippen LogP contribution in [-0.4, -0.2) is 66.5 Å². The van der Waals surface area contributed by atoms with Crippen molar-refractivity contribution in [2.75, 3.05) is 45.9 Å².